The molecule has 140 valence electrons. The van der Waals surface area contributed by atoms with Gasteiger partial charge in [-0.05, 0) is 49.1 Å². The first kappa shape index (κ1) is 19.9. The van der Waals surface area contributed by atoms with Crippen LogP contribution in [0.4, 0.5) is 5.69 Å². The third-order valence-corrected chi connectivity index (χ3v) is 3.71. The predicted molar refractivity (Wildman–Crippen MR) is 108 cm³/mol. The monoisotopic (exact) mass is 355 g/mol. The predicted octanol–water partition coefficient (Wildman–Crippen LogP) is 3.65. The zero-order chi connectivity index (χ0) is 18.6. The number of hydrogen-bond donors (Lipinski definition) is 2. The number of aryl methyl sites for hydroxylation is 2. The summed E-state index contributed by atoms with van der Waals surface area (Å²) in [5.41, 5.74) is 10.5. The van der Waals surface area contributed by atoms with Crippen molar-refractivity contribution in [2.75, 3.05) is 31.7 Å². The van der Waals surface area contributed by atoms with Crippen LogP contribution in [0.25, 0.3) is 0 Å². The van der Waals surface area contributed by atoms with Crippen LogP contribution in [0.3, 0.4) is 0 Å². The van der Waals surface area contributed by atoms with E-state index < -0.39 is 0 Å². The minimum atomic E-state index is 0.432. The Morgan fingerprint density at radius 3 is 2.38 bits per heavy atom. The Morgan fingerprint density at radius 2 is 1.65 bits per heavy atom. The molecule has 2 aromatic carbocycles. The van der Waals surface area contributed by atoms with E-state index in [2.05, 4.69) is 42.4 Å². The second-order valence-electron chi connectivity index (χ2n) is 6.27. The van der Waals surface area contributed by atoms with Crippen molar-refractivity contribution in [3.63, 3.8) is 0 Å². The van der Waals surface area contributed by atoms with Crippen LogP contribution in [0.15, 0.2) is 53.5 Å². The van der Waals surface area contributed by atoms with Crippen molar-refractivity contribution in [1.29, 1.82) is 0 Å². The fourth-order valence-corrected chi connectivity index (χ4v) is 2.58. The molecule has 0 aliphatic rings. The number of nitrogens with zero attached hydrogens (tertiary/aromatic N) is 1. The van der Waals surface area contributed by atoms with Crippen molar-refractivity contribution < 1.29 is 9.47 Å². The number of nitrogens with one attached hydrogen (secondary N) is 1. The van der Waals surface area contributed by atoms with Crippen LogP contribution >= 0.6 is 0 Å². The molecule has 26 heavy (non-hydrogen) atoms. The lowest BCUT2D eigenvalue weighted by Gasteiger charge is -2.08. The lowest BCUT2D eigenvalue weighted by Crippen LogP contribution is -2.23. The van der Waals surface area contributed by atoms with Crippen molar-refractivity contribution in [3.8, 4) is 0 Å². The molecule has 0 spiro atoms. The fraction of sp³-hybridized carbons (Fsp3) is 0.381. The van der Waals surface area contributed by atoms with Crippen LogP contribution in [-0.4, -0.2) is 32.3 Å². The van der Waals surface area contributed by atoms with E-state index in [9.17, 15) is 0 Å². The molecular formula is C21H29N3O2. The third-order valence-electron chi connectivity index (χ3n) is 3.71. The minimum absolute atomic E-state index is 0.432. The van der Waals surface area contributed by atoms with Crippen molar-refractivity contribution in [2.24, 2.45) is 10.7 Å². The second-order valence-corrected chi connectivity index (χ2v) is 6.27. The van der Waals surface area contributed by atoms with Gasteiger partial charge in [0, 0.05) is 18.8 Å². The number of ether oxygens (including phenoxy) is 2. The van der Waals surface area contributed by atoms with Gasteiger partial charge < -0.3 is 20.5 Å². The number of guanidine groups is 1. The first-order chi connectivity index (χ1) is 12.6. The first-order valence-electron chi connectivity index (χ1n) is 8.98. The number of benzene rings is 2. The van der Waals surface area contributed by atoms with Gasteiger partial charge >= 0.3 is 0 Å². The highest BCUT2D eigenvalue weighted by atomic mass is 16.5. The summed E-state index contributed by atoms with van der Waals surface area (Å²) in [5, 5.41) is 3.12. The van der Waals surface area contributed by atoms with Crippen LogP contribution in [0.1, 0.15) is 23.1 Å². The molecule has 0 amide bonds. The molecule has 2 rings (SSSR count). The van der Waals surface area contributed by atoms with Crippen LogP contribution in [0.5, 0.6) is 0 Å². The van der Waals surface area contributed by atoms with Crippen LogP contribution < -0.4 is 11.1 Å². The first-order valence-corrected chi connectivity index (χ1v) is 8.98. The summed E-state index contributed by atoms with van der Waals surface area (Å²) in [6.45, 7) is 7.21. The van der Waals surface area contributed by atoms with Gasteiger partial charge in [0.05, 0.1) is 19.8 Å². The average Bonchev–Trinajstić information content (AvgIpc) is 2.60. The maximum Gasteiger partial charge on any atom is 0.193 e. The maximum atomic E-state index is 5.92. The van der Waals surface area contributed by atoms with Gasteiger partial charge in [-0.25, -0.2) is 0 Å². The Balaban J connectivity index is 1.52. The summed E-state index contributed by atoms with van der Waals surface area (Å²) in [6.07, 6.45) is 0.827. The maximum absolute atomic E-state index is 5.92. The number of rotatable bonds is 10. The van der Waals surface area contributed by atoms with E-state index in [1.54, 1.807) is 0 Å². The van der Waals surface area contributed by atoms with E-state index in [0.717, 1.165) is 12.1 Å². The number of nitrogens with two attached hydrogens (primary N) is 1. The van der Waals surface area contributed by atoms with Crippen LogP contribution in [-0.2, 0) is 16.1 Å². The van der Waals surface area contributed by atoms with E-state index in [4.69, 9.17) is 15.2 Å². The van der Waals surface area contributed by atoms with Gasteiger partial charge in [0.1, 0.15) is 0 Å². The Kier molecular flexibility index (Phi) is 8.66. The van der Waals surface area contributed by atoms with Gasteiger partial charge in [0.15, 0.2) is 5.96 Å². The van der Waals surface area contributed by atoms with E-state index in [1.807, 2.05) is 30.3 Å². The summed E-state index contributed by atoms with van der Waals surface area (Å²) in [5.74, 6) is 0.432. The second kappa shape index (κ2) is 11.3. The largest absolute Gasteiger partial charge is 0.379 e. The molecule has 5 heteroatoms. The van der Waals surface area contributed by atoms with Gasteiger partial charge in [0.2, 0.25) is 0 Å². The van der Waals surface area contributed by atoms with Crippen molar-refractivity contribution in [2.45, 2.75) is 26.9 Å². The molecule has 5 nitrogen and oxygen atoms in total. The van der Waals surface area contributed by atoms with E-state index >= 15 is 0 Å². The van der Waals surface area contributed by atoms with Gasteiger partial charge in [-0.3, -0.25) is 4.99 Å². The molecule has 2 aromatic rings. The number of hydrogen-bond acceptors (Lipinski definition) is 3. The van der Waals surface area contributed by atoms with Crippen LogP contribution in [0, 0.1) is 13.8 Å². The molecule has 0 aromatic heterocycles. The summed E-state index contributed by atoms with van der Waals surface area (Å²) in [6, 6.07) is 16.3. The van der Waals surface area contributed by atoms with E-state index in [-0.39, 0.29) is 0 Å². The van der Waals surface area contributed by atoms with E-state index in [1.165, 1.54) is 16.7 Å². The molecule has 0 radical (unpaired) electrons. The molecule has 0 unspecified atom stereocenters. The molecule has 0 bridgehead atoms. The van der Waals surface area contributed by atoms with Crippen molar-refractivity contribution in [1.82, 2.24) is 0 Å². The minimum Gasteiger partial charge on any atom is -0.379 e. The SMILES string of the molecule is Cc1cc(C)cc(NC(N)=NCCCOCCOCc2ccccc2)c1. The third kappa shape index (κ3) is 8.14. The summed E-state index contributed by atoms with van der Waals surface area (Å²) >= 11 is 0. The molecule has 0 saturated heterocycles. The topological polar surface area (TPSA) is 68.9 Å². The fourth-order valence-electron chi connectivity index (χ4n) is 2.58. The lowest BCUT2D eigenvalue weighted by atomic mass is 10.1. The van der Waals surface area contributed by atoms with Crippen molar-refractivity contribution in [3.05, 3.63) is 65.2 Å². The summed E-state index contributed by atoms with van der Waals surface area (Å²) in [4.78, 5) is 4.32. The Bertz CT molecular complexity index is 667. The number of aliphatic imine (C=N–C) groups is 1. The zero-order valence-corrected chi connectivity index (χ0v) is 15.7. The highest BCUT2D eigenvalue weighted by Crippen LogP contribution is 2.13. The molecular weight excluding hydrogens is 326 g/mol. The standard InChI is InChI=1S/C21H29N3O2/c1-17-13-18(2)15-20(14-17)24-21(22)23-9-6-10-25-11-12-26-16-19-7-4-3-5-8-19/h3-5,7-8,13-15H,6,9-12,16H2,1-2H3,(H3,22,23,24). The zero-order valence-electron chi connectivity index (χ0n) is 15.7. The van der Waals surface area contributed by atoms with E-state index in [0.29, 0.717) is 38.9 Å². The quantitative estimate of drug-likeness (QED) is 0.388. The molecule has 0 atom stereocenters. The lowest BCUT2D eigenvalue weighted by molar-refractivity contribution is 0.0403. The Hall–Kier alpha value is -2.37. The smallest absolute Gasteiger partial charge is 0.193 e. The highest BCUT2D eigenvalue weighted by Gasteiger charge is 1.98. The summed E-state index contributed by atoms with van der Waals surface area (Å²) in [7, 11) is 0. The summed E-state index contributed by atoms with van der Waals surface area (Å²) < 4.78 is 11.1. The highest BCUT2D eigenvalue weighted by molar-refractivity contribution is 5.92. The van der Waals surface area contributed by atoms with Gasteiger partial charge in [-0.2, -0.15) is 0 Å². The molecule has 0 aliphatic heterocycles. The molecule has 0 saturated carbocycles. The van der Waals surface area contributed by atoms with Gasteiger partial charge in [-0.1, -0.05) is 36.4 Å². The van der Waals surface area contributed by atoms with Gasteiger partial charge in [0.25, 0.3) is 0 Å². The Morgan fingerprint density at radius 1 is 0.962 bits per heavy atom. The van der Waals surface area contributed by atoms with Crippen LogP contribution in [0.2, 0.25) is 0 Å². The molecule has 0 aliphatic carbocycles. The molecule has 0 heterocycles. The number of anilines is 1. The molecule has 0 fully saturated rings. The average molecular weight is 355 g/mol. The normalized spacial score (nSPS) is 11.5. The van der Waals surface area contributed by atoms with Crippen molar-refractivity contribution >= 4 is 11.6 Å². The van der Waals surface area contributed by atoms with Gasteiger partial charge in [-0.15, -0.1) is 0 Å². The molecule has 3 N–H and O–H groups in total. The Labute approximate surface area is 156 Å².